The second-order valence-electron chi connectivity index (χ2n) is 5.88. The van der Waals surface area contributed by atoms with Gasteiger partial charge < -0.3 is 14.2 Å². The Labute approximate surface area is 134 Å². The first kappa shape index (κ1) is 15.7. The number of H-pyrrole nitrogens is 1. The van der Waals surface area contributed by atoms with Gasteiger partial charge in [-0.25, -0.2) is 0 Å². The molecule has 124 valence electrons. The average molecular weight is 319 g/mol. The standard InChI is InChI=1S/C15H21N5O3/c1-5-11-16-12(23-19-11)7-20(4)15(21)14-10-6-8(2)22-9(3)13(10)17-18-14/h8-9H,5-7H2,1-4H3,(H,17,18)/t8-,9+/m0/s1. The van der Waals surface area contributed by atoms with Crippen LogP contribution in [0.15, 0.2) is 4.52 Å². The molecular weight excluding hydrogens is 298 g/mol. The molecule has 0 unspecified atom stereocenters. The largest absolute Gasteiger partial charge is 0.369 e. The third-order valence-corrected chi connectivity index (χ3v) is 3.98. The van der Waals surface area contributed by atoms with Crippen molar-refractivity contribution in [2.45, 2.75) is 52.4 Å². The normalized spacial score (nSPS) is 20.3. The minimum Gasteiger partial charge on any atom is -0.369 e. The second kappa shape index (κ2) is 6.11. The van der Waals surface area contributed by atoms with Gasteiger partial charge in [-0.3, -0.25) is 9.89 Å². The number of ether oxygens (including phenoxy) is 1. The molecule has 1 aliphatic heterocycles. The number of aromatic amines is 1. The fourth-order valence-electron chi connectivity index (χ4n) is 2.80. The van der Waals surface area contributed by atoms with E-state index in [0.717, 1.165) is 11.3 Å². The van der Waals surface area contributed by atoms with E-state index >= 15 is 0 Å². The van der Waals surface area contributed by atoms with Crippen LogP contribution in [-0.2, 0) is 24.1 Å². The van der Waals surface area contributed by atoms with Gasteiger partial charge in [0.2, 0.25) is 5.89 Å². The third kappa shape index (κ3) is 2.98. The number of hydrogen-bond acceptors (Lipinski definition) is 6. The van der Waals surface area contributed by atoms with E-state index in [1.165, 1.54) is 4.90 Å². The molecule has 0 bridgehead atoms. The number of nitrogens with zero attached hydrogens (tertiary/aromatic N) is 4. The van der Waals surface area contributed by atoms with Crippen LogP contribution >= 0.6 is 0 Å². The lowest BCUT2D eigenvalue weighted by atomic mass is 9.99. The lowest BCUT2D eigenvalue weighted by Crippen LogP contribution is -2.29. The van der Waals surface area contributed by atoms with E-state index in [1.54, 1.807) is 7.05 Å². The van der Waals surface area contributed by atoms with Crippen molar-refractivity contribution in [3.05, 3.63) is 28.7 Å². The van der Waals surface area contributed by atoms with E-state index in [2.05, 4.69) is 20.3 Å². The number of carbonyl (C=O) groups is 1. The molecule has 3 heterocycles. The van der Waals surface area contributed by atoms with Gasteiger partial charge in [-0.15, -0.1) is 0 Å². The molecule has 0 saturated heterocycles. The first-order chi connectivity index (χ1) is 11.0. The molecule has 2 aromatic rings. The Morgan fingerprint density at radius 2 is 2.22 bits per heavy atom. The molecule has 23 heavy (non-hydrogen) atoms. The number of fused-ring (bicyclic) bond motifs is 1. The molecule has 3 rings (SSSR count). The third-order valence-electron chi connectivity index (χ3n) is 3.98. The summed E-state index contributed by atoms with van der Waals surface area (Å²) in [6.45, 7) is 6.16. The Morgan fingerprint density at radius 1 is 1.43 bits per heavy atom. The van der Waals surface area contributed by atoms with Crippen LogP contribution in [0.5, 0.6) is 0 Å². The van der Waals surface area contributed by atoms with Crippen LogP contribution in [0.2, 0.25) is 0 Å². The van der Waals surface area contributed by atoms with Crippen LogP contribution < -0.4 is 0 Å². The molecule has 1 amide bonds. The van der Waals surface area contributed by atoms with Crippen molar-refractivity contribution in [3.8, 4) is 0 Å². The molecule has 1 N–H and O–H groups in total. The topological polar surface area (TPSA) is 97.1 Å². The smallest absolute Gasteiger partial charge is 0.274 e. The summed E-state index contributed by atoms with van der Waals surface area (Å²) in [5, 5.41) is 11.0. The number of carbonyl (C=O) groups excluding carboxylic acids is 1. The SMILES string of the molecule is CCc1noc(CN(C)C(=O)c2n[nH]c3c2C[C@H](C)O[C@@H]3C)n1. The van der Waals surface area contributed by atoms with E-state index in [9.17, 15) is 4.79 Å². The number of amides is 1. The van der Waals surface area contributed by atoms with E-state index < -0.39 is 0 Å². The summed E-state index contributed by atoms with van der Waals surface area (Å²) in [6, 6.07) is 0. The molecule has 2 aromatic heterocycles. The highest BCUT2D eigenvalue weighted by atomic mass is 16.5. The van der Waals surface area contributed by atoms with Crippen LogP contribution in [-0.4, -0.2) is 44.3 Å². The number of rotatable bonds is 4. The van der Waals surface area contributed by atoms with Crippen LogP contribution in [0.3, 0.4) is 0 Å². The van der Waals surface area contributed by atoms with Crippen LogP contribution in [0.4, 0.5) is 0 Å². The number of aryl methyl sites for hydroxylation is 1. The summed E-state index contributed by atoms with van der Waals surface area (Å²) < 4.78 is 10.9. The van der Waals surface area contributed by atoms with E-state index in [0.29, 0.717) is 30.3 Å². The number of nitrogens with one attached hydrogen (secondary N) is 1. The van der Waals surface area contributed by atoms with Crippen molar-refractivity contribution in [2.75, 3.05) is 7.05 Å². The predicted octanol–water partition coefficient (Wildman–Crippen LogP) is 1.65. The summed E-state index contributed by atoms with van der Waals surface area (Å²) in [7, 11) is 1.70. The van der Waals surface area contributed by atoms with E-state index in [4.69, 9.17) is 9.26 Å². The quantitative estimate of drug-likeness (QED) is 0.920. The van der Waals surface area contributed by atoms with Gasteiger partial charge in [-0.2, -0.15) is 10.1 Å². The first-order valence-electron chi connectivity index (χ1n) is 7.79. The minimum absolute atomic E-state index is 0.0648. The highest BCUT2D eigenvalue weighted by Crippen LogP contribution is 2.30. The highest BCUT2D eigenvalue weighted by Gasteiger charge is 2.30. The Kier molecular flexibility index (Phi) is 4.16. The molecule has 0 spiro atoms. The number of aromatic nitrogens is 4. The molecule has 0 aliphatic carbocycles. The van der Waals surface area contributed by atoms with Gasteiger partial charge in [-0.1, -0.05) is 12.1 Å². The van der Waals surface area contributed by atoms with Crippen LogP contribution in [0.1, 0.15) is 60.3 Å². The van der Waals surface area contributed by atoms with Gasteiger partial charge in [0.1, 0.15) is 6.54 Å². The molecule has 2 atom stereocenters. The minimum atomic E-state index is -0.167. The number of hydrogen-bond donors (Lipinski definition) is 1. The Bertz CT molecular complexity index is 708. The van der Waals surface area contributed by atoms with Crippen LogP contribution in [0, 0.1) is 0 Å². The van der Waals surface area contributed by atoms with Gasteiger partial charge in [0, 0.05) is 25.5 Å². The molecule has 0 radical (unpaired) electrons. The zero-order valence-corrected chi connectivity index (χ0v) is 13.8. The van der Waals surface area contributed by atoms with Crippen LogP contribution in [0.25, 0.3) is 0 Å². The summed E-state index contributed by atoms with van der Waals surface area (Å²) in [5.41, 5.74) is 2.26. The summed E-state index contributed by atoms with van der Waals surface area (Å²) in [4.78, 5) is 18.4. The maximum absolute atomic E-state index is 12.7. The van der Waals surface area contributed by atoms with Gasteiger partial charge in [0.25, 0.3) is 5.91 Å². The average Bonchev–Trinajstić information content (AvgIpc) is 3.13. The lowest BCUT2D eigenvalue weighted by molar-refractivity contribution is -0.00702. The first-order valence-corrected chi connectivity index (χ1v) is 7.79. The zero-order chi connectivity index (χ0) is 16.6. The molecular formula is C15H21N5O3. The molecule has 0 fully saturated rings. The fourth-order valence-corrected chi connectivity index (χ4v) is 2.80. The molecule has 0 saturated carbocycles. The summed E-state index contributed by atoms with van der Waals surface area (Å²) in [6.07, 6.45) is 1.35. The monoisotopic (exact) mass is 319 g/mol. The molecule has 0 aromatic carbocycles. The van der Waals surface area contributed by atoms with Crippen molar-refractivity contribution in [1.29, 1.82) is 0 Å². The molecule has 8 heteroatoms. The van der Waals surface area contributed by atoms with Crippen molar-refractivity contribution in [2.24, 2.45) is 0 Å². The highest BCUT2D eigenvalue weighted by molar-refractivity contribution is 5.93. The Balaban J connectivity index is 1.78. The van der Waals surface area contributed by atoms with Crippen molar-refractivity contribution in [1.82, 2.24) is 25.2 Å². The van der Waals surface area contributed by atoms with Gasteiger partial charge in [0.15, 0.2) is 11.5 Å². The fraction of sp³-hybridized carbons (Fsp3) is 0.600. The maximum atomic E-state index is 12.7. The van der Waals surface area contributed by atoms with E-state index in [-0.39, 0.29) is 24.7 Å². The van der Waals surface area contributed by atoms with Crippen molar-refractivity contribution < 1.29 is 14.1 Å². The van der Waals surface area contributed by atoms with Crippen molar-refractivity contribution in [3.63, 3.8) is 0 Å². The van der Waals surface area contributed by atoms with Gasteiger partial charge >= 0.3 is 0 Å². The lowest BCUT2D eigenvalue weighted by Gasteiger charge is -2.25. The maximum Gasteiger partial charge on any atom is 0.274 e. The molecule has 1 aliphatic rings. The Morgan fingerprint density at radius 3 is 2.91 bits per heavy atom. The van der Waals surface area contributed by atoms with E-state index in [1.807, 2.05) is 20.8 Å². The molecule has 8 nitrogen and oxygen atoms in total. The summed E-state index contributed by atoms with van der Waals surface area (Å²) >= 11 is 0. The van der Waals surface area contributed by atoms with Gasteiger partial charge in [0.05, 0.1) is 17.9 Å². The Hall–Kier alpha value is -2.22. The zero-order valence-electron chi connectivity index (χ0n) is 13.8. The second-order valence-corrected chi connectivity index (χ2v) is 5.88. The summed E-state index contributed by atoms with van der Waals surface area (Å²) in [5.74, 6) is 0.894. The van der Waals surface area contributed by atoms with Gasteiger partial charge in [-0.05, 0) is 13.8 Å². The predicted molar refractivity (Wildman–Crippen MR) is 80.7 cm³/mol. The van der Waals surface area contributed by atoms with Crippen molar-refractivity contribution >= 4 is 5.91 Å².